The number of para-hydroxylation sites is 1. The van der Waals surface area contributed by atoms with E-state index in [0.29, 0.717) is 11.1 Å². The molecule has 0 saturated heterocycles. The fraction of sp³-hybridized carbons (Fsp3) is 0. The first-order valence-corrected chi connectivity index (χ1v) is 17.7. The lowest BCUT2D eigenvalue weighted by molar-refractivity contribution is 0.669. The molecule has 5 heteroatoms. The molecule has 12 rings (SSSR count). The molecule has 3 aromatic heterocycles. The fourth-order valence-corrected chi connectivity index (χ4v) is 7.00. The van der Waals surface area contributed by atoms with Crippen LogP contribution in [0.5, 0.6) is 0 Å². The van der Waals surface area contributed by atoms with E-state index in [0.717, 1.165) is 4.57 Å². The Kier molecular flexibility index (Phi) is 3.87. The molecule has 0 radical (unpaired) electrons. The van der Waals surface area contributed by atoms with Crippen LogP contribution in [0.3, 0.4) is 0 Å². The van der Waals surface area contributed by atoms with Crippen molar-refractivity contribution in [3.8, 4) is 51.0 Å². The number of hydrogen-bond acceptors (Lipinski definition) is 4. The second kappa shape index (κ2) is 12.8. The van der Waals surface area contributed by atoms with Crippen molar-refractivity contribution in [2.45, 2.75) is 0 Å². The van der Waals surface area contributed by atoms with Crippen LogP contribution < -0.4 is 0 Å². The van der Waals surface area contributed by atoms with Crippen LogP contribution in [0.1, 0.15) is 30.2 Å². The highest BCUT2D eigenvalue weighted by atomic mass is 16.3. The Balaban J connectivity index is 1.26. The van der Waals surface area contributed by atoms with E-state index in [-0.39, 0.29) is 33.8 Å². The zero-order valence-electron chi connectivity index (χ0n) is 51.5. The van der Waals surface area contributed by atoms with E-state index in [1.54, 1.807) is 60.7 Å². The Hall–Kier alpha value is -7.89. The average Bonchev–Trinajstić information content (AvgIpc) is 3.91. The first-order chi connectivity index (χ1) is 37.9. The quantitative estimate of drug-likeness (QED) is 0.175. The summed E-state index contributed by atoms with van der Waals surface area (Å²) in [7, 11) is 0. The molecule has 12 aromatic rings. The molecule has 3 heterocycles. The molecule has 0 bridgehead atoms. The SMILES string of the molecule is [2H]c1c([2H])c(-n2c3c([2H])c4c([2H])c([2H])c([2H])c([2H])c4c([2H])c3c3c([2H])c4c([2H])c([2H])c([2H])c([2H])c4c([2H])c32)c([2H])c([2H])c1-c1c([2H])c(-c2nc(-c3ccccc3)nc(-c3ccccc3)n2)c2c(oc3c([2H])c([2H])c([2H])c([2H])c32)c1[2H]. The molecule has 9 aromatic carbocycles. The second-order valence-corrected chi connectivity index (χ2v) is 13.1. The molecular weight excluding hydrogens is 709 g/mol. The van der Waals surface area contributed by atoms with Crippen LogP contribution in [0.4, 0.5) is 0 Å². The van der Waals surface area contributed by atoms with Gasteiger partial charge in [-0.25, -0.2) is 15.0 Å². The second-order valence-electron chi connectivity index (χ2n) is 13.1. The molecule has 270 valence electrons. The third-order valence-electron chi connectivity index (χ3n) is 9.61. The van der Waals surface area contributed by atoms with Crippen LogP contribution in [0.2, 0.25) is 0 Å². The lowest BCUT2D eigenvalue weighted by Crippen LogP contribution is -2.00. The van der Waals surface area contributed by atoms with Gasteiger partial charge in [0.1, 0.15) is 11.2 Å². The van der Waals surface area contributed by atoms with Gasteiger partial charge in [0, 0.05) is 43.9 Å². The molecular formula is C53H32N4O. The number of nitrogens with zero attached hydrogens (tertiary/aromatic N) is 4. The molecule has 0 unspecified atom stereocenters. The third kappa shape index (κ3) is 5.21. The zero-order chi connectivity index (χ0) is 57.3. The first-order valence-electron chi connectivity index (χ1n) is 28.7. The maximum absolute atomic E-state index is 10.1. The lowest BCUT2D eigenvalue weighted by Gasteiger charge is -2.12. The number of fused-ring (bicyclic) bond motifs is 8. The van der Waals surface area contributed by atoms with Crippen molar-refractivity contribution in [3.05, 3.63) is 194 Å². The first kappa shape index (κ1) is 17.5. The van der Waals surface area contributed by atoms with E-state index < -0.39 is 204 Å². The van der Waals surface area contributed by atoms with Crippen LogP contribution in [0.15, 0.2) is 198 Å². The molecule has 5 nitrogen and oxygen atoms in total. The predicted octanol–water partition coefficient (Wildman–Crippen LogP) is 13.8. The Labute approximate surface area is 364 Å². The molecule has 0 N–H and O–H groups in total. The molecule has 0 saturated carbocycles. The average molecular weight is 763 g/mol. The topological polar surface area (TPSA) is 56.7 Å². The number of aromatic nitrogens is 4. The Morgan fingerprint density at radius 3 is 1.52 bits per heavy atom. The van der Waals surface area contributed by atoms with Gasteiger partial charge in [-0.05, 0) is 87.1 Å². The highest BCUT2D eigenvalue weighted by Gasteiger charge is 2.20. The van der Waals surface area contributed by atoms with Crippen molar-refractivity contribution >= 4 is 65.3 Å². The number of hydrogen-bond donors (Lipinski definition) is 0. The number of furan rings is 1. The number of benzene rings is 9. The van der Waals surface area contributed by atoms with Crippen molar-refractivity contribution in [2.24, 2.45) is 0 Å². The predicted molar refractivity (Wildman–Crippen MR) is 238 cm³/mol. The van der Waals surface area contributed by atoms with E-state index in [1.807, 2.05) is 0 Å². The van der Waals surface area contributed by atoms with Gasteiger partial charge in [0.15, 0.2) is 17.5 Å². The van der Waals surface area contributed by atoms with Crippen molar-refractivity contribution < 1.29 is 34.6 Å². The third-order valence-corrected chi connectivity index (χ3v) is 9.61. The summed E-state index contributed by atoms with van der Waals surface area (Å²) in [5.74, 6) is -0.136. The lowest BCUT2D eigenvalue weighted by atomic mass is 9.98. The maximum atomic E-state index is 10.1. The van der Waals surface area contributed by atoms with E-state index in [4.69, 9.17) is 35.8 Å². The molecule has 0 amide bonds. The Morgan fingerprint density at radius 1 is 0.414 bits per heavy atom. The van der Waals surface area contributed by atoms with Gasteiger partial charge in [0.2, 0.25) is 0 Å². The van der Waals surface area contributed by atoms with Gasteiger partial charge >= 0.3 is 0 Å². The summed E-state index contributed by atoms with van der Waals surface area (Å²) in [5.41, 5.74) is -3.55. The van der Waals surface area contributed by atoms with Crippen LogP contribution >= 0.6 is 0 Å². The Morgan fingerprint density at radius 2 is 0.931 bits per heavy atom. The molecule has 58 heavy (non-hydrogen) atoms. The van der Waals surface area contributed by atoms with E-state index in [9.17, 15) is 13.7 Å². The Bertz CT molecular complexity index is 4640. The summed E-state index contributed by atoms with van der Waals surface area (Å²) in [6.45, 7) is 0. The highest BCUT2D eigenvalue weighted by molar-refractivity contribution is 6.17. The summed E-state index contributed by atoms with van der Waals surface area (Å²) in [4.78, 5) is 14.3. The van der Waals surface area contributed by atoms with Crippen LogP contribution in [-0.2, 0) is 0 Å². The molecule has 0 aliphatic carbocycles. The minimum atomic E-state index is -0.996. The largest absolute Gasteiger partial charge is 0.456 e. The number of rotatable bonds is 5. The van der Waals surface area contributed by atoms with E-state index in [2.05, 4.69) is 0 Å². The summed E-state index contributed by atoms with van der Waals surface area (Å²) in [5, 5.41) is -3.49. The standard InChI is InChI=1S/C53H32N4O/c1-3-13-34(14-4-1)51-54-52(35-15-5-2-6-16-35)56-53(55-51)45-29-40(32-49-50(45)42-21-11-12-22-48(42)58-49)33-23-25-41(26-24-33)57-46-30-38-19-9-7-17-36(38)27-43(46)44-28-37-18-8-10-20-39(37)31-47(44)57/h1-32H/i7D,8D,9D,10D,11D,12D,17D,18D,19D,20D,21D,22D,23D,24D,25D,26D,27D,28D,29D,30D,31D,32D. The summed E-state index contributed by atoms with van der Waals surface area (Å²) in [6.07, 6.45) is 0. The minimum absolute atomic E-state index is 0.0777. The van der Waals surface area contributed by atoms with E-state index in [1.165, 1.54) is 0 Å². The molecule has 0 aliphatic rings. The van der Waals surface area contributed by atoms with Crippen molar-refractivity contribution in [1.29, 1.82) is 0 Å². The molecule has 0 fully saturated rings. The highest BCUT2D eigenvalue weighted by Crippen LogP contribution is 2.41. The minimum Gasteiger partial charge on any atom is -0.456 e. The van der Waals surface area contributed by atoms with Gasteiger partial charge in [-0.3, -0.25) is 0 Å². The van der Waals surface area contributed by atoms with Crippen molar-refractivity contribution in [1.82, 2.24) is 19.5 Å². The molecule has 0 aliphatic heterocycles. The molecule has 0 spiro atoms. The van der Waals surface area contributed by atoms with Crippen molar-refractivity contribution in [2.75, 3.05) is 0 Å². The van der Waals surface area contributed by atoms with Gasteiger partial charge in [-0.1, -0.05) is 139 Å². The van der Waals surface area contributed by atoms with E-state index >= 15 is 0 Å². The normalized spacial score (nSPS) is 17.1. The summed E-state index contributed by atoms with van der Waals surface area (Å²) in [6, 6.07) is -0.0531. The van der Waals surface area contributed by atoms with Crippen LogP contribution in [0, 0.1) is 0 Å². The van der Waals surface area contributed by atoms with Gasteiger partial charge in [-0.2, -0.15) is 0 Å². The monoisotopic (exact) mass is 762 g/mol. The van der Waals surface area contributed by atoms with Gasteiger partial charge in [-0.15, -0.1) is 0 Å². The van der Waals surface area contributed by atoms with Crippen LogP contribution in [0.25, 0.3) is 116 Å². The fourth-order valence-electron chi connectivity index (χ4n) is 7.00. The maximum Gasteiger partial charge on any atom is 0.164 e. The van der Waals surface area contributed by atoms with Gasteiger partial charge in [0.25, 0.3) is 0 Å². The van der Waals surface area contributed by atoms with Crippen molar-refractivity contribution in [3.63, 3.8) is 0 Å². The smallest absolute Gasteiger partial charge is 0.164 e. The summed E-state index contributed by atoms with van der Waals surface area (Å²) >= 11 is 0. The van der Waals surface area contributed by atoms with Gasteiger partial charge in [0.05, 0.1) is 41.2 Å². The zero-order valence-corrected chi connectivity index (χ0v) is 29.5. The summed E-state index contributed by atoms with van der Waals surface area (Å²) < 4.78 is 209. The van der Waals surface area contributed by atoms with Gasteiger partial charge < -0.3 is 8.98 Å². The van der Waals surface area contributed by atoms with Crippen LogP contribution in [-0.4, -0.2) is 19.5 Å². The molecule has 0 atom stereocenters.